The fraction of sp³-hybridized carbons (Fsp3) is 0.455. The molecule has 0 bridgehead atoms. The first kappa shape index (κ1) is 12.2. The predicted molar refractivity (Wildman–Crippen MR) is 68.1 cm³/mol. The molecule has 100 valence electrons. The zero-order valence-electron chi connectivity index (χ0n) is 9.94. The molecule has 19 heavy (non-hydrogen) atoms. The molecule has 1 unspecified atom stereocenters. The van der Waals surface area contributed by atoms with Gasteiger partial charge in [-0.15, -0.1) is 0 Å². The zero-order chi connectivity index (χ0) is 13.4. The van der Waals surface area contributed by atoms with Gasteiger partial charge in [-0.2, -0.15) is 9.61 Å². The molecule has 1 fully saturated rings. The number of carbonyl (C=O) groups is 1. The second-order valence-electron chi connectivity index (χ2n) is 4.55. The smallest absolute Gasteiger partial charge is 0.320 e. The van der Waals surface area contributed by atoms with Gasteiger partial charge in [0.2, 0.25) is 4.96 Å². The van der Waals surface area contributed by atoms with Crippen molar-refractivity contribution in [2.75, 3.05) is 0 Å². The van der Waals surface area contributed by atoms with Crippen molar-refractivity contribution in [2.45, 2.75) is 25.4 Å². The van der Waals surface area contributed by atoms with E-state index in [-0.39, 0.29) is 18.0 Å². The topological polar surface area (TPSA) is 96.6 Å². The minimum Gasteiger partial charge on any atom is -0.480 e. The Bertz CT molecular complexity index is 676. The molecule has 7 nitrogen and oxygen atoms in total. The van der Waals surface area contributed by atoms with Crippen LogP contribution >= 0.6 is 11.3 Å². The van der Waals surface area contributed by atoms with Crippen molar-refractivity contribution in [2.24, 2.45) is 5.92 Å². The molecule has 8 heteroatoms. The fourth-order valence-electron chi connectivity index (χ4n) is 1.99. The molecule has 0 amide bonds. The Balaban J connectivity index is 1.77. The van der Waals surface area contributed by atoms with Crippen molar-refractivity contribution >= 4 is 22.3 Å². The SMILES string of the molecule is O=C(O)C(NCc1cc(=O)n2ncsc2n1)C1CC1. The lowest BCUT2D eigenvalue weighted by Crippen LogP contribution is -2.38. The largest absolute Gasteiger partial charge is 0.480 e. The molecule has 1 aliphatic carbocycles. The maximum absolute atomic E-state index is 11.7. The van der Waals surface area contributed by atoms with Crippen LogP contribution in [-0.2, 0) is 11.3 Å². The number of carboxylic acid groups (broad SMARTS) is 1. The number of hydrogen-bond donors (Lipinski definition) is 2. The van der Waals surface area contributed by atoms with E-state index < -0.39 is 12.0 Å². The van der Waals surface area contributed by atoms with E-state index in [1.54, 1.807) is 5.51 Å². The summed E-state index contributed by atoms with van der Waals surface area (Å²) < 4.78 is 1.23. The molecule has 3 rings (SSSR count). The van der Waals surface area contributed by atoms with Crippen LogP contribution in [0.15, 0.2) is 16.4 Å². The summed E-state index contributed by atoms with van der Waals surface area (Å²) in [6.45, 7) is 0.275. The van der Waals surface area contributed by atoms with Crippen LogP contribution in [0.4, 0.5) is 0 Å². The summed E-state index contributed by atoms with van der Waals surface area (Å²) in [5.41, 5.74) is 1.84. The van der Waals surface area contributed by atoms with E-state index in [0.29, 0.717) is 10.7 Å². The number of fused-ring (bicyclic) bond motifs is 1. The van der Waals surface area contributed by atoms with Gasteiger partial charge in [-0.25, -0.2) is 4.98 Å². The van der Waals surface area contributed by atoms with Crippen LogP contribution in [0.2, 0.25) is 0 Å². The van der Waals surface area contributed by atoms with Gasteiger partial charge < -0.3 is 5.11 Å². The molecule has 1 aliphatic rings. The molecule has 2 heterocycles. The van der Waals surface area contributed by atoms with Crippen molar-refractivity contribution in [1.29, 1.82) is 0 Å². The summed E-state index contributed by atoms with van der Waals surface area (Å²) in [5, 5.41) is 15.9. The molecule has 0 aromatic carbocycles. The van der Waals surface area contributed by atoms with Gasteiger partial charge in [0.1, 0.15) is 11.6 Å². The molecule has 2 aromatic rings. The van der Waals surface area contributed by atoms with Crippen molar-refractivity contribution in [3.63, 3.8) is 0 Å². The average molecular weight is 280 g/mol. The summed E-state index contributed by atoms with van der Waals surface area (Å²) in [6, 6.07) is 0.827. The van der Waals surface area contributed by atoms with Crippen LogP contribution in [-0.4, -0.2) is 31.7 Å². The van der Waals surface area contributed by atoms with Crippen LogP contribution < -0.4 is 10.9 Å². The molecular weight excluding hydrogens is 268 g/mol. The van der Waals surface area contributed by atoms with Crippen LogP contribution in [0, 0.1) is 5.92 Å². The van der Waals surface area contributed by atoms with Crippen LogP contribution in [0.5, 0.6) is 0 Å². The number of rotatable bonds is 5. The molecule has 1 saturated carbocycles. The van der Waals surface area contributed by atoms with E-state index in [1.165, 1.54) is 21.9 Å². The van der Waals surface area contributed by atoms with Gasteiger partial charge in [-0.1, -0.05) is 11.3 Å². The van der Waals surface area contributed by atoms with Crippen molar-refractivity contribution in [1.82, 2.24) is 19.9 Å². The Labute approximate surface area is 111 Å². The lowest BCUT2D eigenvalue weighted by Gasteiger charge is -2.12. The van der Waals surface area contributed by atoms with Crippen molar-refractivity contribution in [3.05, 3.63) is 27.6 Å². The Morgan fingerprint density at radius 3 is 3.11 bits per heavy atom. The van der Waals surface area contributed by atoms with Crippen molar-refractivity contribution in [3.8, 4) is 0 Å². The van der Waals surface area contributed by atoms with Crippen molar-refractivity contribution < 1.29 is 9.90 Å². The minimum absolute atomic E-state index is 0.200. The normalized spacial score (nSPS) is 16.6. The number of aromatic nitrogens is 3. The highest BCUT2D eigenvalue weighted by molar-refractivity contribution is 7.14. The Kier molecular flexibility index (Phi) is 3.03. The first-order valence-electron chi connectivity index (χ1n) is 5.94. The Morgan fingerprint density at radius 2 is 2.42 bits per heavy atom. The summed E-state index contributed by atoms with van der Waals surface area (Å²) in [5.74, 6) is -0.649. The van der Waals surface area contributed by atoms with E-state index >= 15 is 0 Å². The molecule has 0 saturated heterocycles. The molecule has 0 aliphatic heterocycles. The molecule has 2 N–H and O–H groups in total. The van der Waals surface area contributed by atoms with Gasteiger partial charge >= 0.3 is 5.97 Å². The van der Waals surface area contributed by atoms with Gasteiger partial charge in [-0.05, 0) is 18.8 Å². The van der Waals surface area contributed by atoms with Gasteiger partial charge in [0.05, 0.1) is 5.69 Å². The molecule has 1 atom stereocenters. The number of nitrogens with one attached hydrogen (secondary N) is 1. The maximum Gasteiger partial charge on any atom is 0.320 e. The van der Waals surface area contributed by atoms with E-state index in [0.717, 1.165) is 12.8 Å². The Hall–Kier alpha value is -1.80. The number of aliphatic carboxylic acids is 1. The standard InChI is InChI=1S/C11H12N4O3S/c16-8-3-7(14-11-15(8)13-5-19-11)4-12-9(10(17)18)6-1-2-6/h3,5-6,9,12H,1-2,4H2,(H,17,18). The highest BCUT2D eigenvalue weighted by atomic mass is 32.1. The number of nitrogens with zero attached hydrogens (tertiary/aromatic N) is 3. The third kappa shape index (κ3) is 2.49. The third-order valence-corrected chi connectivity index (χ3v) is 3.78. The summed E-state index contributed by atoms with van der Waals surface area (Å²) in [6.07, 6.45) is 1.88. The Morgan fingerprint density at radius 1 is 1.63 bits per heavy atom. The van der Waals surface area contributed by atoms with Gasteiger partial charge in [0, 0.05) is 12.6 Å². The molecular formula is C11H12N4O3S. The molecule has 0 spiro atoms. The molecule has 0 radical (unpaired) electrons. The van der Waals surface area contributed by atoms with Crippen LogP contribution in [0.25, 0.3) is 4.96 Å². The summed E-state index contributed by atoms with van der Waals surface area (Å²) in [4.78, 5) is 27.6. The average Bonchev–Trinajstić information content (AvgIpc) is 3.06. The first-order chi connectivity index (χ1) is 9.15. The van der Waals surface area contributed by atoms with Crippen LogP contribution in [0.3, 0.4) is 0 Å². The first-order valence-corrected chi connectivity index (χ1v) is 6.82. The molecule has 2 aromatic heterocycles. The number of carboxylic acids is 1. The highest BCUT2D eigenvalue weighted by Gasteiger charge is 2.35. The zero-order valence-corrected chi connectivity index (χ0v) is 10.8. The van der Waals surface area contributed by atoms with Gasteiger partial charge in [-0.3, -0.25) is 14.9 Å². The van der Waals surface area contributed by atoms with E-state index in [2.05, 4.69) is 15.4 Å². The summed E-state index contributed by atoms with van der Waals surface area (Å²) >= 11 is 1.27. The second kappa shape index (κ2) is 4.71. The lowest BCUT2D eigenvalue weighted by atomic mass is 10.2. The van der Waals surface area contributed by atoms with Gasteiger partial charge in [0.15, 0.2) is 0 Å². The van der Waals surface area contributed by atoms with Gasteiger partial charge in [0.25, 0.3) is 5.56 Å². The highest BCUT2D eigenvalue weighted by Crippen LogP contribution is 2.32. The van der Waals surface area contributed by atoms with E-state index in [4.69, 9.17) is 5.11 Å². The van der Waals surface area contributed by atoms with E-state index in [1.807, 2.05) is 0 Å². The maximum atomic E-state index is 11.7. The number of hydrogen-bond acceptors (Lipinski definition) is 6. The monoisotopic (exact) mass is 280 g/mol. The lowest BCUT2D eigenvalue weighted by molar-refractivity contribution is -0.140. The third-order valence-electron chi connectivity index (χ3n) is 3.10. The fourth-order valence-corrected chi connectivity index (χ4v) is 2.63. The van der Waals surface area contributed by atoms with Crippen LogP contribution in [0.1, 0.15) is 18.5 Å². The summed E-state index contributed by atoms with van der Waals surface area (Å²) in [7, 11) is 0. The predicted octanol–water partition coefficient (Wildman–Crippen LogP) is 0.104. The quantitative estimate of drug-likeness (QED) is 0.806. The minimum atomic E-state index is -0.849. The second-order valence-corrected chi connectivity index (χ2v) is 5.36. The van der Waals surface area contributed by atoms with E-state index in [9.17, 15) is 9.59 Å².